The molecule has 1 aliphatic rings. The summed E-state index contributed by atoms with van der Waals surface area (Å²) in [5.41, 5.74) is 1.87. The van der Waals surface area contributed by atoms with Crippen molar-refractivity contribution in [3.8, 4) is 0 Å². The lowest BCUT2D eigenvalue weighted by atomic mass is 9.79. The second-order valence-corrected chi connectivity index (χ2v) is 9.80. The molecule has 0 radical (unpaired) electrons. The number of benzene rings is 1. The van der Waals surface area contributed by atoms with Crippen molar-refractivity contribution in [1.29, 1.82) is 0 Å². The molecule has 1 aliphatic carbocycles. The van der Waals surface area contributed by atoms with Gasteiger partial charge >= 0.3 is 0 Å². The molecule has 0 atom stereocenters. The summed E-state index contributed by atoms with van der Waals surface area (Å²) in [6.07, 6.45) is 8.22. The van der Waals surface area contributed by atoms with Crippen LogP contribution in [0.3, 0.4) is 0 Å². The summed E-state index contributed by atoms with van der Waals surface area (Å²) in [6, 6.07) is 11.1. The van der Waals surface area contributed by atoms with Gasteiger partial charge in [-0.15, -0.1) is 16.3 Å². The lowest BCUT2D eigenvalue weighted by Gasteiger charge is -2.27. The highest BCUT2D eigenvalue weighted by Crippen LogP contribution is 2.32. The first-order valence-electron chi connectivity index (χ1n) is 11.5. The number of fused-ring (bicyclic) bond motifs is 1. The number of aromatic nitrogens is 2. The van der Waals surface area contributed by atoms with Crippen molar-refractivity contribution < 1.29 is 9.32 Å². The third-order valence-electron chi connectivity index (χ3n) is 6.22. The van der Waals surface area contributed by atoms with Crippen molar-refractivity contribution in [3.05, 3.63) is 58.2 Å². The molecule has 0 unspecified atom stereocenters. The standard InChI is InChI=1S/C25H31N3O3S/c1-3-4-5-18-6-8-19(9-7-18)25(30)27-20-10-12-22(13-11-20)32-16-21-15-24(29)28-23(26-21)14-17(2)31-28/h10-15,18-19H,3-9,16H2,1-2H3,(H,27,30). The fourth-order valence-electron chi connectivity index (χ4n) is 4.39. The molecular formula is C25H31N3O3S. The van der Waals surface area contributed by atoms with Crippen LogP contribution in [0.2, 0.25) is 0 Å². The normalized spacial score (nSPS) is 18.7. The molecule has 3 aromatic rings. The van der Waals surface area contributed by atoms with E-state index in [-0.39, 0.29) is 17.4 Å². The molecule has 32 heavy (non-hydrogen) atoms. The Hall–Kier alpha value is -2.54. The number of rotatable bonds is 8. The Morgan fingerprint density at radius 1 is 1.19 bits per heavy atom. The van der Waals surface area contributed by atoms with Crippen LogP contribution in [0.1, 0.15) is 63.3 Å². The molecule has 6 nitrogen and oxygen atoms in total. The molecule has 2 heterocycles. The fourth-order valence-corrected chi connectivity index (χ4v) is 5.18. The van der Waals surface area contributed by atoms with Gasteiger partial charge in [0, 0.05) is 34.4 Å². The number of carbonyl (C=O) groups excluding carboxylic acids is 1. The van der Waals surface area contributed by atoms with Gasteiger partial charge in [-0.2, -0.15) is 0 Å². The average Bonchev–Trinajstić information content (AvgIpc) is 3.18. The Morgan fingerprint density at radius 2 is 1.94 bits per heavy atom. The zero-order valence-electron chi connectivity index (χ0n) is 18.8. The SMILES string of the molecule is CCCCC1CCC(C(=O)Nc2ccc(SCc3cc(=O)n4oc(C)cc4n3)cc2)CC1. The molecule has 0 bridgehead atoms. The van der Waals surface area contributed by atoms with E-state index in [0.29, 0.717) is 22.9 Å². The van der Waals surface area contributed by atoms with Gasteiger partial charge in [0.25, 0.3) is 5.56 Å². The molecule has 1 aromatic carbocycles. The van der Waals surface area contributed by atoms with Gasteiger partial charge in [0.15, 0.2) is 5.65 Å². The van der Waals surface area contributed by atoms with Crippen LogP contribution in [0.4, 0.5) is 5.69 Å². The van der Waals surface area contributed by atoms with E-state index in [4.69, 9.17) is 4.52 Å². The molecule has 1 amide bonds. The van der Waals surface area contributed by atoms with Crippen molar-refractivity contribution in [3.63, 3.8) is 0 Å². The molecular weight excluding hydrogens is 422 g/mol. The smallest absolute Gasteiger partial charge is 0.287 e. The minimum absolute atomic E-state index is 0.133. The largest absolute Gasteiger partial charge is 0.375 e. The van der Waals surface area contributed by atoms with Gasteiger partial charge < -0.3 is 9.84 Å². The highest BCUT2D eigenvalue weighted by Gasteiger charge is 2.26. The number of nitrogens with one attached hydrogen (secondary N) is 1. The number of hydrogen-bond donors (Lipinski definition) is 1. The van der Waals surface area contributed by atoms with Crippen LogP contribution in [0, 0.1) is 18.8 Å². The van der Waals surface area contributed by atoms with Gasteiger partial charge in [-0.25, -0.2) is 4.98 Å². The lowest BCUT2D eigenvalue weighted by Crippen LogP contribution is -2.27. The van der Waals surface area contributed by atoms with Crippen molar-refractivity contribution in [1.82, 2.24) is 9.56 Å². The Kier molecular flexibility index (Phi) is 7.35. The van der Waals surface area contributed by atoms with E-state index in [1.165, 1.54) is 42.7 Å². The predicted molar refractivity (Wildman–Crippen MR) is 128 cm³/mol. The minimum atomic E-state index is -0.212. The van der Waals surface area contributed by atoms with Gasteiger partial charge in [-0.1, -0.05) is 26.2 Å². The fraction of sp³-hybridized carbons (Fsp3) is 0.480. The molecule has 0 saturated heterocycles. The Bertz CT molecular complexity index is 1110. The third-order valence-corrected chi connectivity index (χ3v) is 7.26. The van der Waals surface area contributed by atoms with Crippen LogP contribution in [-0.2, 0) is 10.5 Å². The molecule has 2 aromatic heterocycles. The van der Waals surface area contributed by atoms with E-state index in [0.717, 1.165) is 29.3 Å². The molecule has 1 saturated carbocycles. The van der Waals surface area contributed by atoms with E-state index in [1.807, 2.05) is 24.3 Å². The quantitative estimate of drug-likeness (QED) is 0.435. The maximum Gasteiger partial charge on any atom is 0.287 e. The third kappa shape index (κ3) is 5.63. The maximum atomic E-state index is 12.7. The molecule has 4 rings (SSSR count). The first-order chi connectivity index (χ1) is 15.5. The van der Waals surface area contributed by atoms with Crippen LogP contribution in [0.5, 0.6) is 0 Å². The van der Waals surface area contributed by atoms with Crippen LogP contribution in [0.15, 0.2) is 50.6 Å². The number of thioether (sulfide) groups is 1. The van der Waals surface area contributed by atoms with Crippen molar-refractivity contribution >= 4 is 29.0 Å². The zero-order chi connectivity index (χ0) is 22.5. The number of amides is 1. The van der Waals surface area contributed by atoms with E-state index in [1.54, 1.807) is 24.8 Å². The summed E-state index contributed by atoms with van der Waals surface area (Å²) in [4.78, 5) is 30.4. The van der Waals surface area contributed by atoms with Crippen molar-refractivity contribution in [2.45, 2.75) is 69.4 Å². The number of carbonyl (C=O) groups is 1. The number of unbranched alkanes of at least 4 members (excludes halogenated alkanes) is 1. The number of nitrogens with zero attached hydrogens (tertiary/aromatic N) is 2. The predicted octanol–water partition coefficient (Wildman–Crippen LogP) is 5.82. The van der Waals surface area contributed by atoms with Gasteiger partial charge in [-0.3, -0.25) is 9.59 Å². The minimum Gasteiger partial charge on any atom is -0.375 e. The van der Waals surface area contributed by atoms with Crippen molar-refractivity contribution in [2.24, 2.45) is 11.8 Å². The first kappa shape index (κ1) is 22.6. The van der Waals surface area contributed by atoms with E-state index in [9.17, 15) is 9.59 Å². The Labute approximate surface area is 192 Å². The summed E-state index contributed by atoms with van der Waals surface area (Å²) in [6.45, 7) is 4.03. The molecule has 170 valence electrons. The van der Waals surface area contributed by atoms with Crippen molar-refractivity contribution in [2.75, 3.05) is 5.32 Å². The van der Waals surface area contributed by atoms with E-state index >= 15 is 0 Å². The monoisotopic (exact) mass is 453 g/mol. The van der Waals surface area contributed by atoms with Crippen LogP contribution < -0.4 is 10.9 Å². The summed E-state index contributed by atoms with van der Waals surface area (Å²) in [5.74, 6) is 2.32. The first-order valence-corrected chi connectivity index (χ1v) is 12.5. The lowest BCUT2D eigenvalue weighted by molar-refractivity contribution is -0.121. The van der Waals surface area contributed by atoms with Crippen LogP contribution in [0.25, 0.3) is 5.65 Å². The molecule has 1 N–H and O–H groups in total. The topological polar surface area (TPSA) is 76.6 Å². The van der Waals surface area contributed by atoms with Crippen LogP contribution >= 0.6 is 11.8 Å². The molecule has 1 fully saturated rings. The second kappa shape index (κ2) is 10.4. The highest BCUT2D eigenvalue weighted by atomic mass is 32.2. The zero-order valence-corrected chi connectivity index (χ0v) is 19.6. The molecule has 7 heteroatoms. The van der Waals surface area contributed by atoms with E-state index < -0.39 is 0 Å². The van der Waals surface area contributed by atoms with Gasteiger partial charge in [-0.05, 0) is 62.8 Å². The second-order valence-electron chi connectivity index (χ2n) is 8.75. The summed E-state index contributed by atoms with van der Waals surface area (Å²) in [7, 11) is 0. The van der Waals surface area contributed by atoms with E-state index in [2.05, 4.69) is 17.2 Å². The molecule has 0 aliphatic heterocycles. The Morgan fingerprint density at radius 3 is 2.66 bits per heavy atom. The van der Waals surface area contributed by atoms with Crippen LogP contribution in [-0.4, -0.2) is 15.5 Å². The number of anilines is 1. The summed E-state index contributed by atoms with van der Waals surface area (Å²) >= 11 is 1.61. The highest BCUT2D eigenvalue weighted by molar-refractivity contribution is 7.98. The Balaban J connectivity index is 1.28. The van der Waals surface area contributed by atoms with Gasteiger partial charge in [0.1, 0.15) is 5.76 Å². The summed E-state index contributed by atoms with van der Waals surface area (Å²) in [5, 5.41) is 3.09. The average molecular weight is 454 g/mol. The van der Waals surface area contributed by atoms with Gasteiger partial charge in [0.2, 0.25) is 5.91 Å². The molecule has 0 spiro atoms. The van der Waals surface area contributed by atoms with Gasteiger partial charge in [0.05, 0.1) is 5.69 Å². The number of aryl methyl sites for hydroxylation is 1. The maximum absolute atomic E-state index is 12.7. The number of hydrogen-bond acceptors (Lipinski definition) is 5. The summed E-state index contributed by atoms with van der Waals surface area (Å²) < 4.78 is 6.53.